The molecule has 33 heavy (non-hydrogen) atoms. The van der Waals surface area contributed by atoms with E-state index in [1.54, 1.807) is 19.1 Å². The lowest BCUT2D eigenvalue weighted by Gasteiger charge is -2.19. The number of allylic oxidation sites excluding steroid dienone is 1. The van der Waals surface area contributed by atoms with E-state index < -0.39 is 26.5 Å². The second kappa shape index (κ2) is 8.89. The van der Waals surface area contributed by atoms with Crippen molar-refractivity contribution in [2.45, 2.75) is 37.1 Å². The number of aromatic nitrogens is 1. The van der Waals surface area contributed by atoms with Crippen LogP contribution in [0.2, 0.25) is 0 Å². The van der Waals surface area contributed by atoms with Crippen LogP contribution in [0.4, 0.5) is 13.2 Å². The third-order valence-corrected chi connectivity index (χ3v) is 8.15. The number of alkyl halides is 3. The Balaban J connectivity index is 2.24. The van der Waals surface area contributed by atoms with Crippen LogP contribution in [0.15, 0.2) is 51.6 Å². The molecule has 0 atom stereocenters. The summed E-state index contributed by atoms with van der Waals surface area (Å²) >= 11 is 0.742. The molecule has 0 N–H and O–H groups in total. The third-order valence-electron chi connectivity index (χ3n) is 5.00. The summed E-state index contributed by atoms with van der Waals surface area (Å²) in [6.07, 6.45) is -3.43. The summed E-state index contributed by atoms with van der Waals surface area (Å²) in [4.78, 5) is -0.382. The van der Waals surface area contributed by atoms with E-state index in [1.807, 2.05) is 19.9 Å². The molecule has 0 spiro atoms. The van der Waals surface area contributed by atoms with Crippen LogP contribution in [0, 0.1) is 29.6 Å². The van der Waals surface area contributed by atoms with Crippen molar-refractivity contribution >= 4 is 27.3 Å². The third kappa shape index (κ3) is 4.58. The summed E-state index contributed by atoms with van der Waals surface area (Å²) in [5.74, 6) is -0.190. The molecule has 2 heterocycles. The second-order valence-electron chi connectivity index (χ2n) is 7.47. The number of halogens is 3. The Hall–Kier alpha value is -3.34. The van der Waals surface area contributed by atoms with E-state index in [9.17, 15) is 26.9 Å². The maximum atomic E-state index is 13.7. The zero-order chi connectivity index (χ0) is 24.6. The van der Waals surface area contributed by atoms with Gasteiger partial charge in [0.2, 0.25) is 9.84 Å². The predicted molar refractivity (Wildman–Crippen MR) is 119 cm³/mol. The van der Waals surface area contributed by atoms with Crippen molar-refractivity contribution < 1.29 is 21.6 Å². The van der Waals surface area contributed by atoms with Crippen LogP contribution >= 0.6 is 11.3 Å². The van der Waals surface area contributed by atoms with Crippen LogP contribution in [0.3, 0.4) is 0 Å². The first kappa shape index (κ1) is 24.3. The van der Waals surface area contributed by atoms with Gasteiger partial charge in [0.05, 0.1) is 11.3 Å². The van der Waals surface area contributed by atoms with Crippen LogP contribution in [0.1, 0.15) is 47.2 Å². The van der Waals surface area contributed by atoms with Crippen molar-refractivity contribution in [3.8, 4) is 17.8 Å². The molecule has 0 saturated heterocycles. The summed E-state index contributed by atoms with van der Waals surface area (Å²) in [6.45, 7) is 5.20. The summed E-state index contributed by atoms with van der Waals surface area (Å²) < 4.78 is 68.2. The van der Waals surface area contributed by atoms with E-state index in [0.29, 0.717) is 17.0 Å². The lowest BCUT2D eigenvalue weighted by Crippen LogP contribution is -2.13. The minimum Gasteiger partial charge on any atom is -0.317 e. The lowest BCUT2D eigenvalue weighted by molar-refractivity contribution is -0.137. The average molecular weight is 490 g/mol. The molecule has 0 aliphatic heterocycles. The zero-order valence-corrected chi connectivity index (χ0v) is 19.4. The van der Waals surface area contributed by atoms with E-state index in [-0.39, 0.29) is 20.7 Å². The molecule has 0 unspecified atom stereocenters. The van der Waals surface area contributed by atoms with Gasteiger partial charge in [-0.1, -0.05) is 26.0 Å². The Morgan fingerprint density at radius 3 is 2.36 bits per heavy atom. The van der Waals surface area contributed by atoms with Gasteiger partial charge in [0, 0.05) is 11.4 Å². The number of para-hydroxylation sites is 1. The Morgan fingerprint density at radius 1 is 1.15 bits per heavy atom. The van der Waals surface area contributed by atoms with Crippen molar-refractivity contribution in [3.63, 3.8) is 0 Å². The number of hydrogen-bond donors (Lipinski definition) is 0. The highest BCUT2D eigenvalue weighted by Gasteiger charge is 2.34. The standard InChI is InChI=1S/C23H18F3N3O2S2/c1-14(2)21-11-16(10-18(13-28)33(30,31)22-9-8-17(12-27)32-22)15(3)29(21)20-7-5-4-6-19(20)23(24,25)26/h4-11,14H,1-3H3/b18-10+. The van der Waals surface area contributed by atoms with Crippen molar-refractivity contribution in [1.82, 2.24) is 4.57 Å². The highest BCUT2D eigenvalue weighted by Crippen LogP contribution is 2.37. The Bertz CT molecular complexity index is 1430. The van der Waals surface area contributed by atoms with Gasteiger partial charge in [0.15, 0.2) is 4.91 Å². The summed E-state index contributed by atoms with van der Waals surface area (Å²) in [5.41, 5.74) is 0.309. The van der Waals surface area contributed by atoms with Crippen molar-refractivity contribution in [2.24, 2.45) is 0 Å². The SMILES string of the molecule is Cc1c(/C=C(\C#N)S(=O)(=O)c2ccc(C#N)s2)cc(C(C)C)n1-c1ccccc1C(F)(F)F. The fourth-order valence-corrected chi connectivity index (χ4v) is 5.77. The Labute approximate surface area is 193 Å². The summed E-state index contributed by atoms with van der Waals surface area (Å²) in [6, 6.07) is 12.9. The zero-order valence-electron chi connectivity index (χ0n) is 17.8. The first-order valence-electron chi connectivity index (χ1n) is 9.67. The number of benzene rings is 1. The summed E-state index contributed by atoms with van der Waals surface area (Å²) in [7, 11) is -4.20. The van der Waals surface area contributed by atoms with Gasteiger partial charge >= 0.3 is 6.18 Å². The first-order valence-corrected chi connectivity index (χ1v) is 12.0. The molecule has 3 rings (SSSR count). The molecule has 0 aliphatic rings. The number of sulfone groups is 1. The van der Waals surface area contributed by atoms with Crippen molar-refractivity contribution in [3.05, 3.63) is 74.8 Å². The predicted octanol–water partition coefficient (Wildman–Crippen LogP) is 6.20. The fraction of sp³-hybridized carbons (Fsp3) is 0.217. The molecule has 3 aromatic rings. The molecule has 0 aliphatic carbocycles. The minimum atomic E-state index is -4.59. The largest absolute Gasteiger partial charge is 0.418 e. The molecule has 1 aromatic carbocycles. The highest BCUT2D eigenvalue weighted by atomic mass is 32.2. The molecule has 5 nitrogen and oxygen atoms in total. The lowest BCUT2D eigenvalue weighted by atomic mass is 10.1. The molecule has 0 amide bonds. The number of hydrogen-bond acceptors (Lipinski definition) is 5. The molecule has 10 heteroatoms. The first-order chi connectivity index (χ1) is 15.4. The highest BCUT2D eigenvalue weighted by molar-refractivity contribution is 7.97. The monoisotopic (exact) mass is 489 g/mol. The van der Waals surface area contributed by atoms with Crippen LogP contribution in [0.5, 0.6) is 0 Å². The number of rotatable bonds is 5. The molecule has 0 fully saturated rings. The smallest absolute Gasteiger partial charge is 0.317 e. The van der Waals surface area contributed by atoms with Crippen LogP contribution in [-0.4, -0.2) is 13.0 Å². The van der Waals surface area contributed by atoms with E-state index in [1.165, 1.54) is 34.9 Å². The molecule has 0 saturated carbocycles. The molecule has 2 aromatic heterocycles. The van der Waals surface area contributed by atoms with Crippen LogP contribution in [-0.2, 0) is 16.0 Å². The molecule has 0 radical (unpaired) electrons. The topological polar surface area (TPSA) is 86.7 Å². The van der Waals surface area contributed by atoms with Crippen LogP contribution < -0.4 is 0 Å². The van der Waals surface area contributed by atoms with Gasteiger partial charge in [-0.25, -0.2) is 8.42 Å². The van der Waals surface area contributed by atoms with Crippen LogP contribution in [0.25, 0.3) is 11.8 Å². The molecular weight excluding hydrogens is 471 g/mol. The van der Waals surface area contributed by atoms with Gasteiger partial charge in [-0.3, -0.25) is 0 Å². The van der Waals surface area contributed by atoms with Gasteiger partial charge in [0.25, 0.3) is 0 Å². The minimum absolute atomic E-state index is 0.0795. The van der Waals surface area contributed by atoms with Crippen molar-refractivity contribution in [2.75, 3.05) is 0 Å². The van der Waals surface area contributed by atoms with E-state index in [0.717, 1.165) is 23.5 Å². The van der Waals surface area contributed by atoms with Gasteiger partial charge in [-0.05, 0) is 54.8 Å². The van der Waals surface area contributed by atoms with Crippen molar-refractivity contribution in [1.29, 1.82) is 10.5 Å². The number of nitrogens with zero attached hydrogens (tertiary/aromatic N) is 3. The maximum Gasteiger partial charge on any atom is 0.418 e. The normalized spacial score (nSPS) is 12.6. The van der Waals surface area contributed by atoms with Gasteiger partial charge in [0.1, 0.15) is 21.2 Å². The van der Waals surface area contributed by atoms with Gasteiger partial charge in [-0.15, -0.1) is 11.3 Å². The van der Waals surface area contributed by atoms with E-state index >= 15 is 0 Å². The number of nitriles is 2. The Morgan fingerprint density at radius 2 is 1.82 bits per heavy atom. The van der Waals surface area contributed by atoms with E-state index in [2.05, 4.69) is 0 Å². The van der Waals surface area contributed by atoms with E-state index in [4.69, 9.17) is 5.26 Å². The maximum absolute atomic E-state index is 13.7. The van der Waals surface area contributed by atoms with Gasteiger partial charge in [-0.2, -0.15) is 23.7 Å². The molecular formula is C23H18F3N3O2S2. The molecule has 0 bridgehead atoms. The summed E-state index contributed by atoms with van der Waals surface area (Å²) in [5, 5.41) is 18.5. The fourth-order valence-electron chi connectivity index (χ4n) is 3.39. The number of thiophene rings is 1. The quantitative estimate of drug-likeness (QED) is 0.399. The van der Waals surface area contributed by atoms with Gasteiger partial charge < -0.3 is 4.57 Å². The molecule has 170 valence electrons. The Kier molecular flexibility index (Phi) is 6.55. The average Bonchev–Trinajstić information content (AvgIpc) is 3.36. The second-order valence-corrected chi connectivity index (χ2v) is 10.7.